The van der Waals surface area contributed by atoms with Crippen molar-refractivity contribution in [2.24, 2.45) is 17.2 Å². The second-order valence-electron chi connectivity index (χ2n) is 23.3. The van der Waals surface area contributed by atoms with Crippen LogP contribution in [0.1, 0.15) is 114 Å². The molecule has 0 unspecified atom stereocenters. The van der Waals surface area contributed by atoms with Gasteiger partial charge in [0.25, 0.3) is 0 Å². The average Bonchev–Trinajstić information content (AvgIpc) is 1.11. The number of rotatable bonds is 30. The number of hydrogen-bond donors (Lipinski definition) is 12. The largest absolute Gasteiger partial charge is 0.358 e. The lowest BCUT2D eigenvalue weighted by Gasteiger charge is -2.22. The van der Waals surface area contributed by atoms with Crippen LogP contribution in [0.4, 0.5) is 17.1 Å². The summed E-state index contributed by atoms with van der Waals surface area (Å²) >= 11 is 19.0. The normalized spacial score (nSPS) is 12.3. The number of halogens is 4. The summed E-state index contributed by atoms with van der Waals surface area (Å²) in [6.07, 6.45) is 5.10. The zero-order valence-corrected chi connectivity index (χ0v) is 54.8. The molecular weight excluding hydrogens is 1250 g/mol. The maximum absolute atomic E-state index is 14.1. The van der Waals surface area contributed by atoms with Crippen molar-refractivity contribution in [3.8, 4) is 0 Å². The molecule has 0 aliphatic carbocycles. The molecule has 0 saturated heterocycles. The molecule has 0 radical (unpaired) electrons. The fourth-order valence-corrected chi connectivity index (χ4v) is 12.3. The van der Waals surface area contributed by atoms with Crippen molar-refractivity contribution in [3.63, 3.8) is 0 Å². The summed E-state index contributed by atoms with van der Waals surface area (Å²) in [6, 6.07) is 36.3. The van der Waals surface area contributed by atoms with Gasteiger partial charge < -0.3 is 64.1 Å². The number of H-pyrrole nitrogens is 3. The second kappa shape index (κ2) is 32.9. The summed E-state index contributed by atoms with van der Waals surface area (Å²) in [4.78, 5) is 93.5. The van der Waals surface area contributed by atoms with Gasteiger partial charge in [0.05, 0.1) is 19.3 Å². The van der Waals surface area contributed by atoms with Crippen molar-refractivity contribution in [1.29, 1.82) is 0 Å². The van der Waals surface area contributed by atoms with Gasteiger partial charge in [-0.1, -0.05) is 71.2 Å². The minimum Gasteiger partial charge on any atom is -0.358 e. The maximum Gasteiger partial charge on any atom is 0.246 e. The highest BCUT2D eigenvalue weighted by Gasteiger charge is 2.27. The molecule has 6 aromatic carbocycles. The molecule has 92 heavy (non-hydrogen) atoms. The van der Waals surface area contributed by atoms with Gasteiger partial charge in [-0.3, -0.25) is 28.8 Å². The first kappa shape index (κ1) is 69.7. The summed E-state index contributed by atoms with van der Waals surface area (Å²) in [7, 11) is 0. The lowest BCUT2D eigenvalue weighted by Crippen LogP contribution is -2.44. The number of benzene rings is 6. The molecule has 3 heterocycles. The van der Waals surface area contributed by atoms with Crippen molar-refractivity contribution < 1.29 is 28.8 Å². The summed E-state index contributed by atoms with van der Waals surface area (Å²) in [5, 5.41) is 22.2. The van der Waals surface area contributed by atoms with Gasteiger partial charge in [-0.05, 0) is 223 Å². The van der Waals surface area contributed by atoms with E-state index in [0.717, 1.165) is 83.2 Å². The molecule has 0 aliphatic rings. The number of aromatic amines is 3. The molecule has 0 bridgehead atoms. The van der Waals surface area contributed by atoms with Gasteiger partial charge >= 0.3 is 0 Å². The average molecular weight is 1330 g/mol. The molecule has 15 N–H and O–H groups in total. The van der Waals surface area contributed by atoms with E-state index >= 15 is 0 Å². The fourth-order valence-electron chi connectivity index (χ4n) is 11.8. The highest BCUT2D eigenvalue weighted by Crippen LogP contribution is 2.35. The molecule has 3 aromatic heterocycles. The lowest BCUT2D eigenvalue weighted by molar-refractivity contribution is -0.126. The Bertz CT molecular complexity index is 3640. The van der Waals surface area contributed by atoms with Gasteiger partial charge in [-0.25, -0.2) is 0 Å². The monoisotopic (exact) mass is 1320 g/mol. The highest BCUT2D eigenvalue weighted by molar-refractivity contribution is 6.32. The van der Waals surface area contributed by atoms with Crippen LogP contribution in [0.15, 0.2) is 127 Å². The Balaban J connectivity index is 0.0000109. The zero-order valence-electron chi connectivity index (χ0n) is 51.8. The van der Waals surface area contributed by atoms with E-state index in [1.807, 2.05) is 130 Å². The van der Waals surface area contributed by atoms with Gasteiger partial charge in [0.1, 0.15) is 18.1 Å². The van der Waals surface area contributed by atoms with Crippen molar-refractivity contribution in [2.75, 3.05) is 35.6 Å². The van der Waals surface area contributed by atoms with Crippen LogP contribution in [0.25, 0.3) is 32.7 Å². The number of carbonyl (C=O) groups excluding carboxylic acids is 6. The van der Waals surface area contributed by atoms with Crippen LogP contribution in [-0.2, 0) is 48.0 Å². The summed E-state index contributed by atoms with van der Waals surface area (Å²) in [6.45, 7) is 7.02. The summed E-state index contributed by atoms with van der Waals surface area (Å²) in [5.74, 6) is -2.49. The van der Waals surface area contributed by atoms with Crippen LogP contribution >= 0.6 is 47.2 Å². The predicted molar refractivity (Wildman–Crippen MR) is 373 cm³/mol. The quantitative estimate of drug-likeness (QED) is 0.0150. The Hall–Kier alpha value is -8.20. The van der Waals surface area contributed by atoms with Gasteiger partial charge in [0.2, 0.25) is 35.4 Å². The minimum absolute atomic E-state index is 0. The lowest BCUT2D eigenvalue weighted by atomic mass is 9.85. The standard InChI is InChI=1S/C70H79Cl3N12O6.ClH/c1-40-52(55-34-46(71)19-28-58(55)77-40)37-64(86)83-61(10-4-7-31-74)68(89)80-49-22-13-43(14-23-49)67(44-15-24-50(25-16-44)81-69(90)62(11-5-8-32-75)84-65(87)38-53-41(2)78-59-29-20-47(72)35-56(53)59)45-17-26-51(27-18-45)82-70(91)63(12-6-9-33-76)85-66(88)39-54-42(3)79-60-30-21-48(73)36-57(54)60;/h13-30,34-36,61-63,67,77-79H,4-12,31-33,37-39,74-76H2,1-3H3,(H,80,89)(H,81,90)(H,82,91)(H,83,86)(H,84,87)(H,85,88);1H/t61-,62-,63-;/m1./s1. The third-order valence-electron chi connectivity index (χ3n) is 16.6. The van der Waals surface area contributed by atoms with E-state index in [-0.39, 0.29) is 67.1 Å². The maximum atomic E-state index is 14.1. The van der Waals surface area contributed by atoms with E-state index in [0.29, 0.717) is 110 Å². The molecule has 3 atom stereocenters. The number of nitrogens with two attached hydrogens (primary N) is 3. The number of fused-ring (bicyclic) bond motifs is 3. The molecule has 22 heteroatoms. The minimum atomic E-state index is -0.849. The van der Waals surface area contributed by atoms with Crippen LogP contribution in [0.2, 0.25) is 15.1 Å². The van der Waals surface area contributed by atoms with E-state index in [2.05, 4.69) is 46.9 Å². The van der Waals surface area contributed by atoms with Crippen LogP contribution in [0.5, 0.6) is 0 Å². The molecular formula is C70H80Cl4N12O6. The van der Waals surface area contributed by atoms with E-state index < -0.39 is 24.0 Å². The smallest absolute Gasteiger partial charge is 0.246 e. The summed E-state index contributed by atoms with van der Waals surface area (Å²) in [5.41, 5.74) is 29.1. The van der Waals surface area contributed by atoms with Crippen molar-refractivity contribution in [1.82, 2.24) is 30.9 Å². The molecule has 6 amide bonds. The Kier molecular flexibility index (Phi) is 24.9. The van der Waals surface area contributed by atoms with Crippen LogP contribution in [-0.4, -0.2) is 88.2 Å². The Morgan fingerprint density at radius 3 is 0.902 bits per heavy atom. The molecule has 9 aromatic rings. The Labute approximate surface area is 556 Å². The van der Waals surface area contributed by atoms with Crippen molar-refractivity contribution >= 4 is 132 Å². The Morgan fingerprint density at radius 2 is 0.652 bits per heavy atom. The van der Waals surface area contributed by atoms with Gasteiger partial charge in [0, 0.05) is 87.8 Å². The molecule has 18 nitrogen and oxygen atoms in total. The van der Waals surface area contributed by atoms with Crippen LogP contribution < -0.4 is 49.1 Å². The first-order valence-corrected chi connectivity index (χ1v) is 32.0. The molecule has 0 fully saturated rings. The number of anilines is 3. The van der Waals surface area contributed by atoms with E-state index in [9.17, 15) is 28.8 Å². The van der Waals surface area contributed by atoms with Crippen molar-refractivity contribution in [2.45, 2.75) is 122 Å². The van der Waals surface area contributed by atoms with Gasteiger partial charge in [-0.15, -0.1) is 12.4 Å². The van der Waals surface area contributed by atoms with Crippen molar-refractivity contribution in [3.05, 3.63) is 193 Å². The first-order chi connectivity index (χ1) is 43.9. The molecule has 9 rings (SSSR count). The number of unbranched alkanes of at least 4 members (excludes halogenated alkanes) is 3. The van der Waals surface area contributed by atoms with E-state index in [1.165, 1.54) is 0 Å². The number of hydrogen-bond acceptors (Lipinski definition) is 9. The van der Waals surface area contributed by atoms with Crippen LogP contribution in [0.3, 0.4) is 0 Å². The fraction of sp³-hybridized carbons (Fsp3) is 0.314. The number of nitrogens with one attached hydrogen (secondary N) is 9. The zero-order chi connectivity index (χ0) is 64.7. The molecule has 0 saturated carbocycles. The van der Waals surface area contributed by atoms with Gasteiger partial charge in [0.15, 0.2) is 0 Å². The molecule has 0 aliphatic heterocycles. The SMILES string of the molecule is Cc1[nH]c2ccc(Cl)cc2c1CC(=O)N[C@H](CCCCN)C(=O)Nc1ccc(C(c2ccc(NC(=O)[C@@H](CCCCN)NC(=O)Cc3c(C)[nH]c4ccc(Cl)cc34)cc2)c2ccc(NC(=O)[C@@H](CCCCN)NC(=O)Cc3c(C)[nH]c4ccc(Cl)cc34)cc2)cc1.Cl. The Morgan fingerprint density at radius 1 is 0.391 bits per heavy atom. The topological polar surface area (TPSA) is 300 Å². The molecule has 484 valence electrons. The van der Waals surface area contributed by atoms with E-state index in [1.54, 1.807) is 18.2 Å². The number of carbonyl (C=O) groups is 6. The third-order valence-corrected chi connectivity index (χ3v) is 17.3. The summed E-state index contributed by atoms with van der Waals surface area (Å²) < 4.78 is 0. The molecule has 0 spiro atoms. The van der Waals surface area contributed by atoms with Crippen LogP contribution in [0, 0.1) is 20.8 Å². The van der Waals surface area contributed by atoms with Gasteiger partial charge in [-0.2, -0.15) is 0 Å². The number of amides is 6. The third kappa shape index (κ3) is 18.1. The first-order valence-electron chi connectivity index (χ1n) is 30.9. The number of aromatic nitrogens is 3. The highest BCUT2D eigenvalue weighted by atomic mass is 35.5. The number of aryl methyl sites for hydroxylation is 3. The second-order valence-corrected chi connectivity index (χ2v) is 24.6. The predicted octanol–water partition coefficient (Wildman–Crippen LogP) is 12.0. The van der Waals surface area contributed by atoms with E-state index in [4.69, 9.17) is 52.0 Å².